The number of sulfonamides is 1. The van der Waals surface area contributed by atoms with Gasteiger partial charge in [0.2, 0.25) is 10.0 Å². The Bertz CT molecular complexity index is 987. The fraction of sp³-hybridized carbons (Fsp3) is 0.200. The molecule has 2 rings (SSSR count). The van der Waals surface area contributed by atoms with Gasteiger partial charge in [0.1, 0.15) is 5.75 Å². The topological polar surface area (TPSA) is 145 Å². The summed E-state index contributed by atoms with van der Waals surface area (Å²) in [5.41, 5.74) is -0.376. The first-order valence-electron chi connectivity index (χ1n) is 7.76. The molecule has 0 radical (unpaired) electrons. The number of nitro benzene ring substituents is 1. The Balaban J connectivity index is 2.21. The number of benzene rings is 2. The van der Waals surface area contributed by atoms with Crippen molar-refractivity contribution in [2.45, 2.75) is 6.42 Å². The van der Waals surface area contributed by atoms with Crippen LogP contribution in [0.25, 0.3) is 0 Å². The lowest BCUT2D eigenvalue weighted by molar-refractivity contribution is -0.384. The van der Waals surface area contributed by atoms with Crippen molar-refractivity contribution < 1.29 is 36.8 Å². The number of nitro groups is 1. The number of hydrogen-bond donors (Lipinski definition) is 2. The molecule has 0 fully saturated rings. The molecule has 0 bridgehead atoms. The molecule has 28 heavy (non-hydrogen) atoms. The van der Waals surface area contributed by atoms with E-state index in [4.69, 9.17) is 9.63 Å². The molecule has 0 spiro atoms. The van der Waals surface area contributed by atoms with Gasteiger partial charge in [-0.3, -0.25) is 19.4 Å². The summed E-state index contributed by atoms with van der Waals surface area (Å²) in [5.74, 6) is -0.392. The number of para-hydroxylation sites is 1. The lowest BCUT2D eigenvalue weighted by Gasteiger charge is -2.13. The molecular weight excluding hydrogens is 418 g/mol. The van der Waals surface area contributed by atoms with E-state index in [1.165, 1.54) is 0 Å². The molecule has 13 heteroatoms. The normalized spacial score (nSPS) is 13.5. The highest BCUT2D eigenvalue weighted by atomic mass is 32.2. The molecule has 0 aliphatic heterocycles. The zero-order chi connectivity index (χ0) is 20.8. The van der Waals surface area contributed by atoms with E-state index in [1.54, 1.807) is 30.3 Å². The molecule has 1 unspecified atom stereocenters. The van der Waals surface area contributed by atoms with Gasteiger partial charge in [-0.15, -0.1) is 4.73 Å². The zero-order valence-electron chi connectivity index (χ0n) is 14.2. The van der Waals surface area contributed by atoms with Crippen molar-refractivity contribution >= 4 is 29.0 Å². The molecule has 152 valence electrons. The van der Waals surface area contributed by atoms with Crippen LogP contribution in [-0.4, -0.2) is 30.1 Å². The van der Waals surface area contributed by atoms with Crippen molar-refractivity contribution in [1.82, 2.24) is 0 Å². The first-order valence-corrected chi connectivity index (χ1v) is 11.2. The van der Waals surface area contributed by atoms with Crippen LogP contribution in [0.3, 0.4) is 0 Å². The Morgan fingerprint density at radius 1 is 1.21 bits per heavy atom. The lowest BCUT2D eigenvalue weighted by atomic mass is 10.2. The highest BCUT2D eigenvalue weighted by Crippen LogP contribution is 2.42. The fourth-order valence-electron chi connectivity index (χ4n) is 2.12. The van der Waals surface area contributed by atoms with Gasteiger partial charge in [0.15, 0.2) is 5.75 Å². The molecule has 0 aliphatic rings. The van der Waals surface area contributed by atoms with Gasteiger partial charge in [0.25, 0.3) is 5.69 Å². The van der Waals surface area contributed by atoms with E-state index in [2.05, 4.69) is 9.45 Å². The third-order valence-corrected chi connectivity index (χ3v) is 5.83. The molecule has 1 atom stereocenters. The van der Waals surface area contributed by atoms with E-state index < -0.39 is 34.5 Å². The molecule has 0 saturated heterocycles. The average Bonchev–Trinajstić information content (AvgIpc) is 2.63. The van der Waals surface area contributed by atoms with Crippen LogP contribution in [-0.2, 0) is 19.3 Å². The Morgan fingerprint density at radius 3 is 2.50 bits per heavy atom. The minimum Gasteiger partial charge on any atom is -0.455 e. The second-order valence-electron chi connectivity index (χ2n) is 5.56. The summed E-state index contributed by atoms with van der Waals surface area (Å²) < 4.78 is 57.9. The van der Waals surface area contributed by atoms with Crippen molar-refractivity contribution in [1.29, 1.82) is 0 Å². The van der Waals surface area contributed by atoms with Crippen molar-refractivity contribution in [2.75, 3.05) is 16.6 Å². The second kappa shape index (κ2) is 9.11. The fourth-order valence-corrected chi connectivity index (χ4v) is 4.09. The van der Waals surface area contributed by atoms with Crippen LogP contribution in [0.2, 0.25) is 0 Å². The summed E-state index contributed by atoms with van der Waals surface area (Å²) in [6.07, 6.45) is -1.05. The Morgan fingerprint density at radius 2 is 1.89 bits per heavy atom. The predicted octanol–water partition coefficient (Wildman–Crippen LogP) is 3.61. The molecule has 0 aromatic heterocycles. The third kappa shape index (κ3) is 6.57. The summed E-state index contributed by atoms with van der Waals surface area (Å²) in [7, 11) is -8.50. The Labute approximate surface area is 159 Å². The third-order valence-electron chi connectivity index (χ3n) is 3.37. The zero-order valence-corrected chi connectivity index (χ0v) is 15.9. The average molecular weight is 434 g/mol. The van der Waals surface area contributed by atoms with E-state index in [9.17, 15) is 27.6 Å². The van der Waals surface area contributed by atoms with Gasteiger partial charge in [0, 0.05) is 6.07 Å². The van der Waals surface area contributed by atoms with Gasteiger partial charge >= 0.3 is 7.60 Å². The number of rotatable bonds is 10. The highest BCUT2D eigenvalue weighted by Gasteiger charge is 2.23. The van der Waals surface area contributed by atoms with E-state index in [0.29, 0.717) is 5.75 Å². The summed E-state index contributed by atoms with van der Waals surface area (Å²) in [6, 6.07) is 11.5. The smallest absolute Gasteiger partial charge is 0.361 e. The van der Waals surface area contributed by atoms with Crippen LogP contribution in [0.5, 0.6) is 11.5 Å². The van der Waals surface area contributed by atoms with E-state index in [-0.39, 0.29) is 23.5 Å². The molecule has 10 nitrogen and oxygen atoms in total. The van der Waals surface area contributed by atoms with E-state index in [1.807, 2.05) is 0 Å². The van der Waals surface area contributed by atoms with Gasteiger partial charge in [-0.05, 0) is 29.1 Å². The molecule has 0 amide bonds. The maximum Gasteiger partial charge on any atom is 0.361 e. The molecule has 0 heterocycles. The van der Waals surface area contributed by atoms with Crippen molar-refractivity contribution in [3.05, 3.63) is 58.6 Å². The van der Waals surface area contributed by atoms with Gasteiger partial charge in [-0.1, -0.05) is 18.2 Å². The number of nitrogens with one attached hydrogen (secondary N) is 1. The van der Waals surface area contributed by atoms with Crippen molar-refractivity contribution in [3.8, 4) is 11.5 Å². The number of halogens is 1. The maximum absolute atomic E-state index is 12.2. The number of hydrogen-bond acceptors (Lipinski definition) is 7. The molecule has 2 aromatic rings. The standard InChI is InChI=1S/C15H16FN2O8PS/c16-26-27(21,22)9-4-10-28(23,24)17-14-8-7-12(18(19)20)11-15(14)25-13-5-2-1-3-6-13/h1-3,5-8,11,17H,4,9-10H2,(H,21,22). The second-order valence-corrected chi connectivity index (χ2v) is 9.26. The first kappa shape index (κ1) is 21.8. The van der Waals surface area contributed by atoms with E-state index in [0.717, 1.165) is 18.2 Å². The van der Waals surface area contributed by atoms with Crippen LogP contribution in [0.4, 0.5) is 15.9 Å². The number of anilines is 1. The lowest BCUT2D eigenvalue weighted by Crippen LogP contribution is -2.18. The molecular formula is C15H16FN2O8PS. The minimum absolute atomic E-state index is 0.0663. The predicted molar refractivity (Wildman–Crippen MR) is 98.5 cm³/mol. The largest absolute Gasteiger partial charge is 0.455 e. The number of nitrogens with zero attached hydrogens (tertiary/aromatic N) is 1. The maximum atomic E-state index is 12.2. The summed E-state index contributed by atoms with van der Waals surface area (Å²) in [5, 5.41) is 11.0. The molecule has 0 saturated carbocycles. The van der Waals surface area contributed by atoms with Crippen LogP contribution in [0.15, 0.2) is 48.5 Å². The summed E-state index contributed by atoms with van der Waals surface area (Å²) >= 11 is 0. The molecule has 0 aliphatic carbocycles. The molecule has 2 N–H and O–H groups in total. The van der Waals surface area contributed by atoms with E-state index >= 15 is 0 Å². The van der Waals surface area contributed by atoms with Crippen molar-refractivity contribution in [3.63, 3.8) is 0 Å². The van der Waals surface area contributed by atoms with Crippen molar-refractivity contribution in [2.24, 2.45) is 0 Å². The van der Waals surface area contributed by atoms with Crippen LogP contribution in [0.1, 0.15) is 6.42 Å². The minimum atomic E-state index is -4.47. The SMILES string of the molecule is O=[N+]([O-])c1ccc(NS(=O)(=O)CCCP(=O)(O)OF)c(Oc2ccccc2)c1. The van der Waals surface area contributed by atoms with Crippen LogP contribution >= 0.6 is 7.60 Å². The van der Waals surface area contributed by atoms with Gasteiger partial charge in [-0.25, -0.2) is 8.42 Å². The van der Waals surface area contributed by atoms with Gasteiger partial charge in [-0.2, -0.15) is 0 Å². The van der Waals surface area contributed by atoms with Gasteiger partial charge < -0.3 is 9.63 Å². The summed E-state index contributed by atoms with van der Waals surface area (Å²) in [6.45, 7) is 0. The Kier molecular flexibility index (Phi) is 7.08. The van der Waals surface area contributed by atoms with Crippen LogP contribution < -0.4 is 9.46 Å². The summed E-state index contributed by atoms with van der Waals surface area (Å²) in [4.78, 5) is 19.3. The highest BCUT2D eigenvalue weighted by molar-refractivity contribution is 7.92. The number of ether oxygens (including phenoxy) is 1. The van der Waals surface area contributed by atoms with Gasteiger partial charge in [0.05, 0.1) is 28.6 Å². The quantitative estimate of drug-likeness (QED) is 0.328. The Hall–Kier alpha value is -2.53. The molecule has 2 aromatic carbocycles. The first-order chi connectivity index (χ1) is 13.1. The number of non-ortho nitro benzene ring substituents is 1. The monoisotopic (exact) mass is 434 g/mol. The van der Waals surface area contributed by atoms with Crippen LogP contribution in [0, 0.1) is 10.1 Å².